The molecule has 1 fully saturated rings. The summed E-state index contributed by atoms with van der Waals surface area (Å²) < 4.78 is 40.3. The van der Waals surface area contributed by atoms with E-state index in [0.717, 1.165) is 54.9 Å². The molecule has 1 saturated heterocycles. The van der Waals surface area contributed by atoms with E-state index in [1.165, 1.54) is 0 Å². The smallest absolute Gasteiger partial charge is 0.352 e. The Morgan fingerprint density at radius 2 is 1.83 bits per heavy atom. The Morgan fingerprint density at radius 1 is 1.02 bits per heavy atom. The van der Waals surface area contributed by atoms with Gasteiger partial charge < -0.3 is 30.2 Å². The lowest BCUT2D eigenvalue weighted by atomic mass is 9.91. The maximum absolute atomic E-state index is 13.4. The van der Waals surface area contributed by atoms with Crippen molar-refractivity contribution in [2.75, 3.05) is 53.7 Å². The minimum absolute atomic E-state index is 0.193. The standard InChI is InChI=1S/C31H45F3N10O2/c1-6-7-8-9-11-39-16-23(3)31(35,26-28(39)43-20-41(45-4)17-24(43)14-36-26)38-29-18-37-25-13-22(2)15-40(12-10-30(32,33)34)27(25)44(29)21-42(19-29)46-5/h13-14,16-18,38H,6-12,15,19-21,35H2,1-5H3. The first-order valence-corrected chi connectivity index (χ1v) is 15.9. The van der Waals surface area contributed by atoms with Gasteiger partial charge >= 0.3 is 6.18 Å². The van der Waals surface area contributed by atoms with Crippen LogP contribution in [-0.2, 0) is 9.68 Å². The topological polar surface area (TPSA) is 101 Å². The van der Waals surface area contributed by atoms with Crippen LogP contribution in [0.3, 0.4) is 0 Å². The predicted octanol–water partition coefficient (Wildman–Crippen LogP) is 3.56. The van der Waals surface area contributed by atoms with Crippen LogP contribution in [0.4, 0.5) is 13.2 Å². The molecule has 0 aromatic carbocycles. The Kier molecular flexibility index (Phi) is 8.74. The Labute approximate surface area is 268 Å². The van der Waals surface area contributed by atoms with Gasteiger partial charge in [-0.3, -0.25) is 20.1 Å². The van der Waals surface area contributed by atoms with Gasteiger partial charge in [0.05, 0.1) is 52.0 Å². The van der Waals surface area contributed by atoms with E-state index in [2.05, 4.69) is 28.2 Å². The molecule has 0 spiro atoms. The molecule has 46 heavy (non-hydrogen) atoms. The number of aliphatic imine (C=N–C) groups is 2. The van der Waals surface area contributed by atoms with Crippen molar-refractivity contribution in [2.24, 2.45) is 15.7 Å². The molecule has 12 nitrogen and oxygen atoms in total. The van der Waals surface area contributed by atoms with E-state index < -0.39 is 23.9 Å². The third-order valence-corrected chi connectivity index (χ3v) is 9.33. The molecule has 0 radical (unpaired) electrons. The van der Waals surface area contributed by atoms with E-state index in [4.69, 9.17) is 25.4 Å². The van der Waals surface area contributed by atoms with Crippen molar-refractivity contribution in [3.8, 4) is 0 Å². The number of unbranched alkanes of at least 4 members (excludes halogenated alkanes) is 3. The van der Waals surface area contributed by atoms with Crippen LogP contribution in [0.15, 0.2) is 68.3 Å². The van der Waals surface area contributed by atoms with Crippen LogP contribution in [-0.4, -0.2) is 113 Å². The fourth-order valence-corrected chi connectivity index (χ4v) is 6.95. The zero-order valence-electron chi connectivity index (χ0n) is 27.3. The molecule has 0 aromatic rings. The molecule has 0 aliphatic carbocycles. The summed E-state index contributed by atoms with van der Waals surface area (Å²) in [4.78, 5) is 29.2. The monoisotopic (exact) mass is 646 g/mol. The van der Waals surface area contributed by atoms with Crippen LogP contribution in [0, 0.1) is 0 Å². The van der Waals surface area contributed by atoms with Crippen molar-refractivity contribution in [1.29, 1.82) is 0 Å². The van der Waals surface area contributed by atoms with E-state index in [1.54, 1.807) is 35.5 Å². The van der Waals surface area contributed by atoms with Crippen LogP contribution < -0.4 is 11.1 Å². The fourth-order valence-electron chi connectivity index (χ4n) is 6.95. The first kappa shape index (κ1) is 32.6. The molecule has 0 bridgehead atoms. The Bertz CT molecular complexity index is 1440. The molecule has 6 rings (SSSR count). The predicted molar refractivity (Wildman–Crippen MR) is 168 cm³/mol. The van der Waals surface area contributed by atoms with Gasteiger partial charge in [-0.15, -0.1) is 0 Å². The second-order valence-corrected chi connectivity index (χ2v) is 12.7. The van der Waals surface area contributed by atoms with E-state index in [0.29, 0.717) is 43.6 Å². The van der Waals surface area contributed by atoms with Crippen LogP contribution >= 0.6 is 0 Å². The van der Waals surface area contributed by atoms with E-state index in [9.17, 15) is 13.2 Å². The zero-order chi connectivity index (χ0) is 32.9. The van der Waals surface area contributed by atoms with Crippen molar-refractivity contribution >= 4 is 12.4 Å². The zero-order valence-corrected chi connectivity index (χ0v) is 27.3. The van der Waals surface area contributed by atoms with E-state index >= 15 is 0 Å². The number of alkyl halides is 3. The van der Waals surface area contributed by atoms with Crippen molar-refractivity contribution in [3.63, 3.8) is 0 Å². The summed E-state index contributed by atoms with van der Waals surface area (Å²) in [6.07, 6.45) is 8.73. The number of hydrogen-bond donors (Lipinski definition) is 2. The number of hydroxylamine groups is 4. The number of halogens is 3. The highest BCUT2D eigenvalue weighted by Crippen LogP contribution is 2.43. The van der Waals surface area contributed by atoms with Gasteiger partial charge in [-0.05, 0) is 31.9 Å². The van der Waals surface area contributed by atoms with Gasteiger partial charge in [-0.1, -0.05) is 31.8 Å². The van der Waals surface area contributed by atoms with Crippen molar-refractivity contribution in [3.05, 3.63) is 58.4 Å². The van der Waals surface area contributed by atoms with Gasteiger partial charge in [0.2, 0.25) is 0 Å². The highest BCUT2D eigenvalue weighted by molar-refractivity contribution is 5.82. The molecule has 0 aromatic heterocycles. The summed E-state index contributed by atoms with van der Waals surface area (Å²) in [6.45, 7) is 8.15. The Balaban J connectivity index is 1.39. The molecule has 0 saturated carbocycles. The largest absolute Gasteiger partial charge is 0.390 e. The summed E-state index contributed by atoms with van der Waals surface area (Å²) in [7, 11) is 3.21. The normalized spacial score (nSPS) is 27.7. The van der Waals surface area contributed by atoms with Gasteiger partial charge in [0, 0.05) is 32.0 Å². The molecule has 2 unspecified atom stereocenters. The SMILES string of the molecule is CCCCCCN1C=C(C)C(N)(NC23C=NC4=C(N(CCC(F)(F)F)CC(C)=C4)N2CN(OC)C3)C2=C1N1CN(OC)C=C1C=N2. The highest BCUT2D eigenvalue weighted by Gasteiger charge is 2.55. The maximum atomic E-state index is 13.4. The number of nitrogens with zero attached hydrogens (tertiary/aromatic N) is 8. The van der Waals surface area contributed by atoms with Crippen LogP contribution in [0.1, 0.15) is 52.9 Å². The average Bonchev–Trinajstić information content (AvgIpc) is 3.61. The molecule has 15 heteroatoms. The van der Waals surface area contributed by atoms with Crippen LogP contribution in [0.25, 0.3) is 0 Å². The van der Waals surface area contributed by atoms with Crippen molar-refractivity contribution in [2.45, 2.75) is 70.4 Å². The number of hydrogen-bond acceptors (Lipinski definition) is 12. The molecule has 6 aliphatic heterocycles. The second kappa shape index (κ2) is 12.3. The number of nitrogens with one attached hydrogen (secondary N) is 1. The number of allylic oxidation sites excluding steroid dienone is 2. The number of nitrogens with two attached hydrogens (primary N) is 1. The Morgan fingerprint density at radius 3 is 2.54 bits per heavy atom. The lowest BCUT2D eigenvalue weighted by Crippen LogP contribution is -2.73. The first-order valence-electron chi connectivity index (χ1n) is 15.9. The van der Waals surface area contributed by atoms with Gasteiger partial charge in [0.15, 0.2) is 0 Å². The molecule has 252 valence electrons. The van der Waals surface area contributed by atoms with Crippen LogP contribution in [0.5, 0.6) is 0 Å². The summed E-state index contributed by atoms with van der Waals surface area (Å²) in [5.74, 6) is 1.48. The maximum Gasteiger partial charge on any atom is 0.390 e. The van der Waals surface area contributed by atoms with Crippen LogP contribution in [0.2, 0.25) is 0 Å². The summed E-state index contributed by atoms with van der Waals surface area (Å²) >= 11 is 0. The van der Waals surface area contributed by atoms with E-state index in [1.807, 2.05) is 37.2 Å². The number of fused-ring (bicyclic) bond motifs is 4. The average molecular weight is 647 g/mol. The molecule has 6 heterocycles. The molecule has 0 amide bonds. The lowest BCUT2D eigenvalue weighted by molar-refractivity contribution is -0.138. The fraction of sp³-hybridized carbons (Fsp3) is 0.613. The van der Waals surface area contributed by atoms with Gasteiger partial charge in [-0.25, -0.2) is 5.06 Å². The van der Waals surface area contributed by atoms with Gasteiger partial charge in [0.1, 0.15) is 41.0 Å². The second-order valence-electron chi connectivity index (χ2n) is 12.7. The summed E-state index contributed by atoms with van der Waals surface area (Å²) in [5, 5.41) is 7.23. The third kappa shape index (κ3) is 5.83. The number of rotatable bonds is 11. The lowest BCUT2D eigenvalue weighted by Gasteiger charge is -2.51. The van der Waals surface area contributed by atoms with Crippen molar-refractivity contribution < 1.29 is 22.8 Å². The summed E-state index contributed by atoms with van der Waals surface area (Å²) in [6, 6.07) is 0. The molecule has 3 N–H and O–H groups in total. The molecular weight excluding hydrogens is 601 g/mol. The first-order chi connectivity index (χ1) is 21.9. The van der Waals surface area contributed by atoms with Gasteiger partial charge in [-0.2, -0.15) is 18.2 Å². The Hall–Kier alpha value is -3.37. The quantitative estimate of drug-likeness (QED) is 0.256. The van der Waals surface area contributed by atoms with E-state index in [-0.39, 0.29) is 6.54 Å². The molecule has 2 atom stereocenters. The highest BCUT2D eigenvalue weighted by atomic mass is 19.4. The minimum Gasteiger partial charge on any atom is -0.352 e. The minimum atomic E-state index is -4.29. The van der Waals surface area contributed by atoms with Crippen molar-refractivity contribution in [1.82, 2.24) is 35.0 Å². The third-order valence-electron chi connectivity index (χ3n) is 9.33. The molecular formula is C31H45F3N10O2. The van der Waals surface area contributed by atoms with Gasteiger partial charge in [0.25, 0.3) is 0 Å². The molecule has 6 aliphatic rings. The summed E-state index contributed by atoms with van der Waals surface area (Å²) in [5.41, 5.74) is 9.09.